The van der Waals surface area contributed by atoms with Crippen LogP contribution in [-0.2, 0) is 26.2 Å². The van der Waals surface area contributed by atoms with Crippen molar-refractivity contribution >= 4 is 29.1 Å². The van der Waals surface area contributed by atoms with Gasteiger partial charge in [0.15, 0.2) is 0 Å². The second-order valence-electron chi connectivity index (χ2n) is 10.7. The average Bonchev–Trinajstić information content (AvgIpc) is 3.28. The molecule has 0 aliphatic carbocycles. The Morgan fingerprint density at radius 2 is 1.58 bits per heavy atom. The van der Waals surface area contributed by atoms with Crippen molar-refractivity contribution in [1.29, 1.82) is 0 Å². The molecule has 0 radical (unpaired) electrons. The number of sulfonamides is 1. The second kappa shape index (κ2) is 11.9. The van der Waals surface area contributed by atoms with Crippen molar-refractivity contribution < 1.29 is 17.9 Å². The highest BCUT2D eigenvalue weighted by Crippen LogP contribution is 2.36. The zero-order chi connectivity index (χ0) is 27.3. The Kier molecular flexibility index (Phi) is 8.83. The number of Topliss-reactive ketones (excluding diaryl/α,β-unsaturated/α-hetero) is 1. The Hall–Kier alpha value is -2.84. The van der Waals surface area contributed by atoms with Crippen molar-refractivity contribution in [3.63, 3.8) is 0 Å². The van der Waals surface area contributed by atoms with Gasteiger partial charge in [-0.05, 0) is 43.2 Å². The molecule has 38 heavy (non-hydrogen) atoms. The molecule has 0 aromatic heterocycles. The first-order valence-corrected chi connectivity index (χ1v) is 17.7. The molecule has 1 saturated heterocycles. The lowest BCUT2D eigenvalue weighted by atomic mass is 9.95. The van der Waals surface area contributed by atoms with E-state index in [1.165, 1.54) is 9.49 Å². The number of nitrogens with zero attached hydrogens (tertiary/aromatic N) is 1. The summed E-state index contributed by atoms with van der Waals surface area (Å²) in [5.41, 5.74) is 2.87. The van der Waals surface area contributed by atoms with Crippen molar-refractivity contribution in [2.24, 2.45) is 5.92 Å². The van der Waals surface area contributed by atoms with Gasteiger partial charge in [0.1, 0.15) is 5.78 Å². The fourth-order valence-electron chi connectivity index (χ4n) is 4.99. The average molecular weight is 548 g/mol. The fraction of sp³-hybridized carbons (Fsp3) is 0.323. The van der Waals surface area contributed by atoms with Gasteiger partial charge in [-0.1, -0.05) is 103 Å². The Morgan fingerprint density at radius 1 is 0.974 bits per heavy atom. The van der Waals surface area contributed by atoms with E-state index in [4.69, 9.17) is 4.74 Å². The molecule has 2 atom stereocenters. The molecule has 0 saturated carbocycles. The molecular weight excluding hydrogens is 510 g/mol. The molecule has 7 heteroatoms. The first-order valence-electron chi connectivity index (χ1n) is 13.1. The van der Waals surface area contributed by atoms with Gasteiger partial charge < -0.3 is 4.74 Å². The van der Waals surface area contributed by atoms with Gasteiger partial charge in [0, 0.05) is 6.54 Å². The maximum absolute atomic E-state index is 13.9. The molecule has 3 aromatic carbocycles. The topological polar surface area (TPSA) is 63.7 Å². The number of carbonyl (C=O) groups excluding carboxylic acids is 1. The Balaban J connectivity index is 1.69. The van der Waals surface area contributed by atoms with Crippen LogP contribution in [0.25, 0.3) is 0 Å². The first-order chi connectivity index (χ1) is 18.1. The standard InChI is InChI=1S/C31H37NO4SSi/c1-24-15-17-27(18-16-24)37(34,35)32-21-30(25(2)33)29(19-20-38(3,4)28-13-9-6-10-14-28)31(32)23-36-22-26-11-7-5-8-12-26/h5-19,30-31H,20-23H2,1-4H3/b29-19+/t30?,31-/m0/s1. The molecule has 5 nitrogen and oxygen atoms in total. The second-order valence-corrected chi connectivity index (χ2v) is 17.4. The van der Waals surface area contributed by atoms with E-state index in [-0.39, 0.29) is 23.8 Å². The maximum Gasteiger partial charge on any atom is 0.243 e. The minimum absolute atomic E-state index is 0.0231. The van der Waals surface area contributed by atoms with Gasteiger partial charge in [-0.3, -0.25) is 4.79 Å². The van der Waals surface area contributed by atoms with Crippen molar-refractivity contribution in [3.8, 4) is 0 Å². The number of hydrogen-bond donors (Lipinski definition) is 0. The van der Waals surface area contributed by atoms with Crippen LogP contribution in [-0.4, -0.2) is 45.8 Å². The SMILES string of the molecule is CC(=O)C1CN(S(=O)(=O)c2ccc(C)cc2)[C@@H](COCc2ccccc2)/C1=C/C[Si](C)(C)c1ccccc1. The molecule has 1 fully saturated rings. The minimum Gasteiger partial charge on any atom is -0.375 e. The lowest BCUT2D eigenvalue weighted by Crippen LogP contribution is -2.41. The van der Waals surface area contributed by atoms with Gasteiger partial charge in [0.2, 0.25) is 10.0 Å². The lowest BCUT2D eigenvalue weighted by molar-refractivity contribution is -0.119. The van der Waals surface area contributed by atoms with E-state index in [0.717, 1.165) is 22.7 Å². The van der Waals surface area contributed by atoms with Crippen LogP contribution in [0.1, 0.15) is 18.1 Å². The van der Waals surface area contributed by atoms with Crippen molar-refractivity contribution in [2.45, 2.75) is 50.5 Å². The van der Waals surface area contributed by atoms with E-state index in [1.54, 1.807) is 31.2 Å². The molecule has 4 rings (SSSR count). The number of ether oxygens (including phenoxy) is 1. The zero-order valence-electron chi connectivity index (χ0n) is 22.6. The smallest absolute Gasteiger partial charge is 0.243 e. The van der Waals surface area contributed by atoms with Crippen molar-refractivity contribution in [1.82, 2.24) is 4.31 Å². The van der Waals surface area contributed by atoms with Gasteiger partial charge >= 0.3 is 0 Å². The summed E-state index contributed by atoms with van der Waals surface area (Å²) >= 11 is 0. The molecule has 0 amide bonds. The van der Waals surface area contributed by atoms with E-state index in [1.807, 2.05) is 43.3 Å². The van der Waals surface area contributed by atoms with E-state index >= 15 is 0 Å². The summed E-state index contributed by atoms with van der Waals surface area (Å²) < 4.78 is 35.3. The van der Waals surface area contributed by atoms with Crippen LogP contribution in [0, 0.1) is 12.8 Å². The van der Waals surface area contributed by atoms with E-state index in [2.05, 4.69) is 43.4 Å². The number of ketones is 1. The Morgan fingerprint density at radius 3 is 2.18 bits per heavy atom. The van der Waals surface area contributed by atoms with Crippen LogP contribution in [0.15, 0.2) is 101 Å². The summed E-state index contributed by atoms with van der Waals surface area (Å²) in [5, 5.41) is 1.33. The zero-order valence-corrected chi connectivity index (χ0v) is 24.4. The highest BCUT2D eigenvalue weighted by Gasteiger charge is 2.45. The number of aryl methyl sites for hydroxylation is 1. The predicted molar refractivity (Wildman–Crippen MR) is 156 cm³/mol. The van der Waals surface area contributed by atoms with E-state index in [9.17, 15) is 13.2 Å². The largest absolute Gasteiger partial charge is 0.375 e. The molecule has 0 N–H and O–H groups in total. The molecule has 3 aromatic rings. The van der Waals surface area contributed by atoms with Crippen LogP contribution in [0.2, 0.25) is 19.1 Å². The quantitative estimate of drug-likeness (QED) is 0.254. The van der Waals surface area contributed by atoms with Gasteiger partial charge in [-0.2, -0.15) is 4.31 Å². The first kappa shape index (κ1) is 28.2. The minimum atomic E-state index is -3.83. The summed E-state index contributed by atoms with van der Waals surface area (Å²) in [4.78, 5) is 13.1. The van der Waals surface area contributed by atoms with E-state index in [0.29, 0.717) is 6.61 Å². The highest BCUT2D eigenvalue weighted by atomic mass is 32.2. The summed E-state index contributed by atoms with van der Waals surface area (Å²) in [6.45, 7) is 8.78. The summed E-state index contributed by atoms with van der Waals surface area (Å²) in [6.07, 6.45) is 2.15. The molecule has 0 bridgehead atoms. The number of carbonyl (C=O) groups is 1. The highest BCUT2D eigenvalue weighted by molar-refractivity contribution is 7.89. The molecular formula is C31H37NO4SSi. The molecule has 1 heterocycles. The summed E-state index contributed by atoms with van der Waals surface area (Å²) in [5.74, 6) is -0.508. The lowest BCUT2D eigenvalue weighted by Gasteiger charge is -2.26. The van der Waals surface area contributed by atoms with E-state index < -0.39 is 30.1 Å². The Labute approximate surface area is 228 Å². The maximum atomic E-state index is 13.9. The van der Waals surface area contributed by atoms with Gasteiger partial charge in [0.05, 0.1) is 38.1 Å². The molecule has 200 valence electrons. The van der Waals surface area contributed by atoms with Gasteiger partial charge in [0.25, 0.3) is 0 Å². The van der Waals surface area contributed by atoms with Crippen LogP contribution >= 0.6 is 0 Å². The van der Waals surface area contributed by atoms with Crippen molar-refractivity contribution in [2.75, 3.05) is 13.2 Å². The third-order valence-electron chi connectivity index (χ3n) is 7.41. The van der Waals surface area contributed by atoms with Crippen LogP contribution in [0.4, 0.5) is 0 Å². The number of allylic oxidation sites excluding steroid dienone is 1. The normalized spacial score (nSPS) is 19.6. The molecule has 0 spiro atoms. The number of rotatable bonds is 10. The fourth-order valence-corrected chi connectivity index (χ4v) is 8.68. The van der Waals surface area contributed by atoms with Crippen LogP contribution in [0.5, 0.6) is 0 Å². The predicted octanol–water partition coefficient (Wildman–Crippen LogP) is 5.33. The summed E-state index contributed by atoms with van der Waals surface area (Å²) in [7, 11) is -5.69. The van der Waals surface area contributed by atoms with Crippen LogP contribution < -0.4 is 5.19 Å². The number of benzene rings is 3. The van der Waals surface area contributed by atoms with Crippen LogP contribution in [0.3, 0.4) is 0 Å². The Bertz CT molecular complexity index is 1370. The summed E-state index contributed by atoms with van der Waals surface area (Å²) in [6, 6.07) is 27.4. The molecule has 1 aliphatic rings. The number of hydrogen-bond acceptors (Lipinski definition) is 4. The monoisotopic (exact) mass is 547 g/mol. The molecule has 1 unspecified atom stereocenters. The van der Waals surface area contributed by atoms with Gasteiger partial charge in [-0.25, -0.2) is 8.42 Å². The molecule has 1 aliphatic heterocycles. The third-order valence-corrected chi connectivity index (χ3v) is 12.4. The van der Waals surface area contributed by atoms with Gasteiger partial charge in [-0.15, -0.1) is 0 Å². The third kappa shape index (κ3) is 6.41. The van der Waals surface area contributed by atoms with Crippen molar-refractivity contribution in [3.05, 3.63) is 108 Å².